The van der Waals surface area contributed by atoms with E-state index in [0.29, 0.717) is 16.3 Å². The van der Waals surface area contributed by atoms with Gasteiger partial charge in [0.1, 0.15) is 0 Å². The van der Waals surface area contributed by atoms with Gasteiger partial charge in [-0.1, -0.05) is 17.7 Å². The molecule has 1 aliphatic heterocycles. The van der Waals surface area contributed by atoms with Crippen molar-refractivity contribution in [2.24, 2.45) is 0 Å². The van der Waals surface area contributed by atoms with Gasteiger partial charge in [-0.3, -0.25) is 0 Å². The first-order chi connectivity index (χ1) is 13.1. The fourth-order valence-corrected chi connectivity index (χ4v) is 4.56. The van der Waals surface area contributed by atoms with Crippen LogP contribution in [0.1, 0.15) is 27.8 Å². The average molecular weight is 476 g/mol. The fraction of sp³-hybridized carbons (Fsp3) is 0.368. The normalized spacial score (nSPS) is 14.7. The van der Waals surface area contributed by atoms with Gasteiger partial charge in [-0.15, -0.1) is 24.2 Å². The Labute approximate surface area is 179 Å². The highest BCUT2D eigenvalue weighted by Gasteiger charge is 2.36. The molecule has 0 amide bonds. The third kappa shape index (κ3) is 5.96. The van der Waals surface area contributed by atoms with Gasteiger partial charge in [-0.25, -0.2) is 0 Å². The van der Waals surface area contributed by atoms with Gasteiger partial charge in [0.05, 0.1) is 16.1 Å². The highest BCUT2D eigenvalue weighted by molar-refractivity contribution is 7.98. The van der Waals surface area contributed by atoms with Crippen molar-refractivity contribution in [3.05, 3.63) is 63.2 Å². The molecular formula is C19H17Cl2F6NS. The number of fused-ring (bicyclic) bond motifs is 1. The van der Waals surface area contributed by atoms with Crippen molar-refractivity contribution in [1.82, 2.24) is 5.32 Å². The Balaban J connectivity index is 0.00000300. The number of thioether (sulfide) groups is 1. The van der Waals surface area contributed by atoms with Crippen LogP contribution in [0.15, 0.2) is 35.2 Å². The van der Waals surface area contributed by atoms with E-state index in [4.69, 9.17) is 11.6 Å². The minimum absolute atomic E-state index is 0. The third-order valence-corrected chi connectivity index (χ3v) is 6.12. The summed E-state index contributed by atoms with van der Waals surface area (Å²) in [5.74, 6) is -0.0450. The second-order valence-corrected chi connectivity index (χ2v) is 7.86. The van der Waals surface area contributed by atoms with E-state index in [1.165, 1.54) is 11.8 Å². The number of benzene rings is 2. The van der Waals surface area contributed by atoms with E-state index in [2.05, 4.69) is 5.32 Å². The molecule has 1 N–H and O–H groups in total. The van der Waals surface area contributed by atoms with Crippen LogP contribution >= 0.6 is 35.8 Å². The molecule has 160 valence electrons. The average Bonchev–Trinajstić information content (AvgIpc) is 2.84. The molecule has 10 heteroatoms. The first kappa shape index (κ1) is 24.2. The maximum Gasteiger partial charge on any atom is 0.416 e. The Morgan fingerprint density at radius 2 is 1.48 bits per heavy atom. The summed E-state index contributed by atoms with van der Waals surface area (Å²) in [4.78, 5) is 0.717. The Morgan fingerprint density at radius 1 is 0.897 bits per heavy atom. The summed E-state index contributed by atoms with van der Waals surface area (Å²) in [6.45, 7) is 1.55. The fourth-order valence-electron chi connectivity index (χ4n) is 3.12. The topological polar surface area (TPSA) is 12.0 Å². The maximum absolute atomic E-state index is 13.0. The highest BCUT2D eigenvalue weighted by atomic mass is 35.5. The summed E-state index contributed by atoms with van der Waals surface area (Å²) in [7, 11) is 0. The Hall–Kier alpha value is -1.09. The van der Waals surface area contributed by atoms with Crippen LogP contribution in [0.4, 0.5) is 26.3 Å². The molecule has 0 bridgehead atoms. The summed E-state index contributed by atoms with van der Waals surface area (Å²) in [5, 5.41) is 3.71. The lowest BCUT2D eigenvalue weighted by atomic mass is 10.0. The smallest absolute Gasteiger partial charge is 0.316 e. The predicted octanol–water partition coefficient (Wildman–Crippen LogP) is 6.78. The number of hydrogen-bond acceptors (Lipinski definition) is 2. The molecule has 3 rings (SSSR count). The Morgan fingerprint density at radius 3 is 2.07 bits per heavy atom. The van der Waals surface area contributed by atoms with E-state index in [1.807, 2.05) is 6.07 Å². The van der Waals surface area contributed by atoms with Crippen molar-refractivity contribution in [1.29, 1.82) is 0 Å². The van der Waals surface area contributed by atoms with Crippen LogP contribution in [0.2, 0.25) is 5.02 Å². The highest BCUT2D eigenvalue weighted by Crippen LogP contribution is 2.39. The molecule has 2 aromatic carbocycles. The van der Waals surface area contributed by atoms with Crippen LogP contribution in [0, 0.1) is 0 Å². The lowest BCUT2D eigenvalue weighted by molar-refractivity contribution is -0.143. The minimum Gasteiger partial charge on any atom is -0.316 e. The number of halogens is 8. The van der Waals surface area contributed by atoms with Crippen LogP contribution < -0.4 is 5.32 Å². The Kier molecular flexibility index (Phi) is 7.81. The van der Waals surface area contributed by atoms with E-state index in [1.54, 1.807) is 6.07 Å². The molecule has 1 heterocycles. The molecule has 0 aromatic heterocycles. The standard InChI is InChI=1S/C19H16ClF6NS.ClH/c20-16-2-1-12-3-5-27-6-4-15(12)17(16)28-10-11-7-13(18(21,22)23)9-14(8-11)19(24,25)26;/h1-2,7-9,27H,3-6,10H2;1H. The quantitative estimate of drug-likeness (QED) is 0.387. The van der Waals surface area contributed by atoms with Gasteiger partial charge in [0.2, 0.25) is 0 Å². The van der Waals surface area contributed by atoms with Crippen molar-refractivity contribution < 1.29 is 26.3 Å². The van der Waals surface area contributed by atoms with Gasteiger partial charge >= 0.3 is 12.4 Å². The summed E-state index contributed by atoms with van der Waals surface area (Å²) in [6, 6.07) is 5.31. The van der Waals surface area contributed by atoms with Crippen molar-refractivity contribution in [2.75, 3.05) is 13.1 Å². The molecule has 0 spiro atoms. The largest absolute Gasteiger partial charge is 0.416 e. The second-order valence-electron chi connectivity index (χ2n) is 6.47. The SMILES string of the molecule is Cl.FC(F)(F)c1cc(CSc2c(Cl)ccc3c2CCNCC3)cc(C(F)(F)F)c1. The van der Waals surface area contributed by atoms with Crippen LogP contribution in [-0.2, 0) is 30.9 Å². The third-order valence-electron chi connectivity index (χ3n) is 4.46. The van der Waals surface area contributed by atoms with Crippen molar-refractivity contribution in [3.63, 3.8) is 0 Å². The predicted molar refractivity (Wildman–Crippen MR) is 105 cm³/mol. The van der Waals surface area contributed by atoms with Crippen molar-refractivity contribution >= 4 is 35.8 Å². The van der Waals surface area contributed by atoms with Gasteiger partial charge < -0.3 is 5.32 Å². The maximum atomic E-state index is 13.0. The van der Waals surface area contributed by atoms with Gasteiger partial charge in [0.15, 0.2) is 0 Å². The van der Waals surface area contributed by atoms with Crippen LogP contribution in [0.3, 0.4) is 0 Å². The van der Waals surface area contributed by atoms with E-state index in [9.17, 15) is 26.3 Å². The van der Waals surface area contributed by atoms with Crippen molar-refractivity contribution in [2.45, 2.75) is 35.8 Å². The molecule has 2 aromatic rings. The van der Waals surface area contributed by atoms with E-state index < -0.39 is 23.5 Å². The van der Waals surface area contributed by atoms with E-state index in [0.717, 1.165) is 42.8 Å². The molecule has 1 nitrogen and oxygen atoms in total. The molecule has 0 saturated heterocycles. The lowest BCUT2D eigenvalue weighted by Gasteiger charge is -2.16. The second kappa shape index (κ2) is 9.37. The summed E-state index contributed by atoms with van der Waals surface area (Å²) in [5.41, 5.74) is -0.560. The van der Waals surface area contributed by atoms with Crippen LogP contribution in [0.25, 0.3) is 0 Å². The summed E-state index contributed by atoms with van der Waals surface area (Å²) < 4.78 is 78.2. The molecule has 0 radical (unpaired) electrons. The molecular weight excluding hydrogens is 459 g/mol. The van der Waals surface area contributed by atoms with E-state index >= 15 is 0 Å². The molecule has 0 unspecified atom stereocenters. The van der Waals surface area contributed by atoms with Gasteiger partial charge in [-0.2, -0.15) is 26.3 Å². The molecule has 29 heavy (non-hydrogen) atoms. The van der Waals surface area contributed by atoms with Crippen LogP contribution in [-0.4, -0.2) is 13.1 Å². The monoisotopic (exact) mass is 475 g/mol. The minimum atomic E-state index is -4.85. The molecule has 0 atom stereocenters. The molecule has 0 fully saturated rings. The summed E-state index contributed by atoms with van der Waals surface area (Å²) in [6.07, 6.45) is -8.21. The Bertz CT molecular complexity index is 835. The number of nitrogens with one attached hydrogen (secondary N) is 1. The zero-order chi connectivity index (χ0) is 20.5. The molecule has 1 aliphatic rings. The number of hydrogen-bond donors (Lipinski definition) is 1. The van der Waals surface area contributed by atoms with Crippen LogP contribution in [0.5, 0.6) is 0 Å². The zero-order valence-corrected chi connectivity index (χ0v) is 17.3. The molecule has 0 aliphatic carbocycles. The van der Waals surface area contributed by atoms with Gasteiger partial charge in [0.25, 0.3) is 0 Å². The lowest BCUT2D eigenvalue weighted by Crippen LogP contribution is -2.16. The summed E-state index contributed by atoms with van der Waals surface area (Å²) >= 11 is 7.46. The van der Waals surface area contributed by atoms with Crippen molar-refractivity contribution in [3.8, 4) is 0 Å². The van der Waals surface area contributed by atoms with E-state index in [-0.39, 0.29) is 29.8 Å². The first-order valence-corrected chi connectivity index (χ1v) is 9.84. The zero-order valence-electron chi connectivity index (χ0n) is 14.9. The molecule has 0 saturated carbocycles. The number of rotatable bonds is 3. The first-order valence-electron chi connectivity index (χ1n) is 8.48. The van der Waals surface area contributed by atoms with Gasteiger partial charge in [0, 0.05) is 10.6 Å². The van der Waals surface area contributed by atoms with Gasteiger partial charge in [-0.05, 0) is 66.9 Å². The number of alkyl halides is 6.